The van der Waals surface area contributed by atoms with Gasteiger partial charge in [0.2, 0.25) is 11.9 Å². The molecule has 0 fully saturated rings. The minimum absolute atomic E-state index is 0.375. The molecular formula is C12H19N7. The van der Waals surface area contributed by atoms with Crippen molar-refractivity contribution in [3.05, 3.63) is 18.0 Å². The Morgan fingerprint density at radius 3 is 2.47 bits per heavy atom. The quantitative estimate of drug-likeness (QED) is 0.894. The second-order valence-corrected chi connectivity index (χ2v) is 4.74. The molecule has 2 rings (SSSR count). The second-order valence-electron chi connectivity index (χ2n) is 4.74. The summed E-state index contributed by atoms with van der Waals surface area (Å²) in [5.74, 6) is 2.00. The summed E-state index contributed by atoms with van der Waals surface area (Å²) in [6.07, 6.45) is 1.86. The number of hydrogen-bond donors (Lipinski definition) is 1. The number of hydrogen-bond acceptors (Lipinski definition) is 6. The van der Waals surface area contributed by atoms with Crippen molar-refractivity contribution in [2.24, 2.45) is 0 Å². The van der Waals surface area contributed by atoms with Crippen LogP contribution >= 0.6 is 0 Å². The van der Waals surface area contributed by atoms with Crippen molar-refractivity contribution >= 4 is 11.9 Å². The van der Waals surface area contributed by atoms with E-state index in [0.29, 0.717) is 23.8 Å². The molecule has 0 aliphatic rings. The summed E-state index contributed by atoms with van der Waals surface area (Å²) in [7, 11) is 5.56. The maximum atomic E-state index is 4.47. The van der Waals surface area contributed by atoms with Crippen LogP contribution in [-0.4, -0.2) is 45.9 Å². The first-order valence-electron chi connectivity index (χ1n) is 6.18. The van der Waals surface area contributed by atoms with E-state index in [1.165, 1.54) is 0 Å². The van der Waals surface area contributed by atoms with Crippen molar-refractivity contribution in [2.45, 2.75) is 19.8 Å². The van der Waals surface area contributed by atoms with E-state index in [0.717, 1.165) is 5.69 Å². The van der Waals surface area contributed by atoms with E-state index in [-0.39, 0.29) is 0 Å². The molecule has 0 amide bonds. The zero-order valence-electron chi connectivity index (χ0n) is 11.9. The molecule has 0 atom stereocenters. The van der Waals surface area contributed by atoms with Crippen LogP contribution in [0.2, 0.25) is 0 Å². The van der Waals surface area contributed by atoms with E-state index in [4.69, 9.17) is 0 Å². The van der Waals surface area contributed by atoms with Crippen LogP contribution in [0.5, 0.6) is 0 Å². The highest BCUT2D eigenvalue weighted by Gasteiger charge is 2.11. The molecule has 0 saturated carbocycles. The van der Waals surface area contributed by atoms with Crippen LogP contribution in [0.4, 0.5) is 11.9 Å². The van der Waals surface area contributed by atoms with Gasteiger partial charge in [-0.1, -0.05) is 13.8 Å². The molecular weight excluding hydrogens is 242 g/mol. The van der Waals surface area contributed by atoms with Crippen molar-refractivity contribution in [3.8, 4) is 5.95 Å². The van der Waals surface area contributed by atoms with Crippen LogP contribution in [0.15, 0.2) is 12.3 Å². The van der Waals surface area contributed by atoms with Gasteiger partial charge in [-0.25, -0.2) is 4.68 Å². The highest BCUT2D eigenvalue weighted by Crippen LogP contribution is 2.14. The van der Waals surface area contributed by atoms with Gasteiger partial charge in [-0.3, -0.25) is 0 Å². The van der Waals surface area contributed by atoms with Gasteiger partial charge >= 0.3 is 0 Å². The van der Waals surface area contributed by atoms with Gasteiger partial charge in [0.25, 0.3) is 5.95 Å². The highest BCUT2D eigenvalue weighted by molar-refractivity contribution is 5.38. The molecule has 0 saturated heterocycles. The van der Waals surface area contributed by atoms with Crippen LogP contribution in [0.1, 0.15) is 25.5 Å². The topological polar surface area (TPSA) is 71.8 Å². The Morgan fingerprint density at radius 1 is 1.21 bits per heavy atom. The van der Waals surface area contributed by atoms with Crippen LogP contribution in [0.3, 0.4) is 0 Å². The molecule has 0 unspecified atom stereocenters. The van der Waals surface area contributed by atoms with Crippen molar-refractivity contribution in [3.63, 3.8) is 0 Å². The average Bonchev–Trinajstić information content (AvgIpc) is 2.87. The second kappa shape index (κ2) is 5.21. The Kier molecular flexibility index (Phi) is 3.64. The van der Waals surface area contributed by atoms with Gasteiger partial charge in [-0.2, -0.15) is 20.1 Å². The van der Waals surface area contributed by atoms with Gasteiger partial charge in [0, 0.05) is 27.3 Å². The van der Waals surface area contributed by atoms with Gasteiger partial charge in [-0.05, 0) is 12.0 Å². The van der Waals surface area contributed by atoms with Crippen LogP contribution in [-0.2, 0) is 0 Å². The lowest BCUT2D eigenvalue weighted by Gasteiger charge is -2.12. The molecule has 0 aliphatic heterocycles. The fraction of sp³-hybridized carbons (Fsp3) is 0.500. The van der Waals surface area contributed by atoms with E-state index in [2.05, 4.69) is 39.2 Å². The van der Waals surface area contributed by atoms with E-state index in [9.17, 15) is 0 Å². The van der Waals surface area contributed by atoms with E-state index < -0.39 is 0 Å². The maximum absolute atomic E-state index is 4.47. The third kappa shape index (κ3) is 2.81. The zero-order valence-corrected chi connectivity index (χ0v) is 11.9. The SMILES string of the molecule is CNc1nc(N(C)C)nc(-n2ccc(C(C)C)n2)n1. The molecule has 102 valence electrons. The third-order valence-corrected chi connectivity index (χ3v) is 2.64. The Hall–Kier alpha value is -2.18. The fourth-order valence-corrected chi connectivity index (χ4v) is 1.53. The Bertz CT molecular complexity index is 559. The predicted octanol–water partition coefficient (Wildman–Crippen LogP) is 1.29. The first-order chi connectivity index (χ1) is 9.01. The summed E-state index contributed by atoms with van der Waals surface area (Å²) in [5, 5.41) is 7.41. The lowest BCUT2D eigenvalue weighted by Crippen LogP contribution is -2.17. The van der Waals surface area contributed by atoms with E-state index in [1.54, 1.807) is 11.7 Å². The van der Waals surface area contributed by atoms with Crippen molar-refractivity contribution in [2.75, 3.05) is 31.4 Å². The summed E-state index contributed by atoms with van der Waals surface area (Å²) in [4.78, 5) is 14.8. The fourth-order valence-electron chi connectivity index (χ4n) is 1.53. The predicted molar refractivity (Wildman–Crippen MR) is 74.9 cm³/mol. The van der Waals surface area contributed by atoms with Gasteiger partial charge < -0.3 is 10.2 Å². The molecule has 7 heteroatoms. The van der Waals surface area contributed by atoms with Gasteiger partial charge in [0.15, 0.2) is 0 Å². The maximum Gasteiger partial charge on any atom is 0.257 e. The number of rotatable bonds is 4. The Balaban J connectivity index is 2.45. The average molecular weight is 261 g/mol. The summed E-state index contributed by atoms with van der Waals surface area (Å²) in [5.41, 5.74) is 1.01. The van der Waals surface area contributed by atoms with Gasteiger partial charge in [0.05, 0.1) is 5.69 Å². The standard InChI is InChI=1S/C12H19N7/c1-8(2)9-6-7-19(17-9)12-15-10(13-3)14-11(16-12)18(4)5/h6-8H,1-5H3,(H,13,14,15,16). The normalized spacial score (nSPS) is 10.8. The van der Waals surface area contributed by atoms with E-state index >= 15 is 0 Å². The van der Waals surface area contributed by atoms with Gasteiger partial charge in [0.1, 0.15) is 0 Å². The molecule has 7 nitrogen and oxygen atoms in total. The number of anilines is 2. The minimum Gasteiger partial charge on any atom is -0.357 e. The molecule has 0 aromatic carbocycles. The molecule has 0 spiro atoms. The lowest BCUT2D eigenvalue weighted by atomic mass is 10.1. The Labute approximate surface area is 112 Å². The molecule has 2 aromatic heterocycles. The molecule has 19 heavy (non-hydrogen) atoms. The lowest BCUT2D eigenvalue weighted by molar-refractivity contribution is 0.736. The monoisotopic (exact) mass is 261 g/mol. The number of nitrogens with one attached hydrogen (secondary N) is 1. The first-order valence-corrected chi connectivity index (χ1v) is 6.18. The molecule has 0 aliphatic carbocycles. The summed E-state index contributed by atoms with van der Waals surface area (Å²) in [6.45, 7) is 4.20. The summed E-state index contributed by atoms with van der Waals surface area (Å²) >= 11 is 0. The molecule has 1 N–H and O–H groups in total. The molecule has 2 heterocycles. The first kappa shape index (κ1) is 13.3. The van der Waals surface area contributed by atoms with Crippen LogP contribution in [0, 0.1) is 0 Å². The largest absolute Gasteiger partial charge is 0.357 e. The van der Waals surface area contributed by atoms with Gasteiger partial charge in [-0.15, -0.1) is 0 Å². The van der Waals surface area contributed by atoms with Crippen molar-refractivity contribution in [1.82, 2.24) is 24.7 Å². The third-order valence-electron chi connectivity index (χ3n) is 2.64. The zero-order chi connectivity index (χ0) is 14.0. The van der Waals surface area contributed by atoms with E-state index in [1.807, 2.05) is 31.3 Å². The van der Waals surface area contributed by atoms with Crippen LogP contribution in [0.25, 0.3) is 5.95 Å². The van der Waals surface area contributed by atoms with Crippen molar-refractivity contribution < 1.29 is 0 Å². The summed E-state index contributed by atoms with van der Waals surface area (Å²) < 4.78 is 1.67. The summed E-state index contributed by atoms with van der Waals surface area (Å²) in [6, 6.07) is 1.98. The molecule has 0 radical (unpaired) electrons. The number of nitrogens with zero attached hydrogens (tertiary/aromatic N) is 6. The Morgan fingerprint density at radius 2 is 1.95 bits per heavy atom. The smallest absolute Gasteiger partial charge is 0.257 e. The van der Waals surface area contributed by atoms with Crippen molar-refractivity contribution in [1.29, 1.82) is 0 Å². The molecule has 2 aromatic rings. The number of aromatic nitrogens is 5. The molecule has 0 bridgehead atoms. The minimum atomic E-state index is 0.375. The van der Waals surface area contributed by atoms with Crippen LogP contribution < -0.4 is 10.2 Å². The highest BCUT2D eigenvalue weighted by atomic mass is 15.4.